The summed E-state index contributed by atoms with van der Waals surface area (Å²) < 4.78 is 5.55. The number of amides is 3. The maximum absolute atomic E-state index is 12.2. The molecule has 0 spiro atoms. The summed E-state index contributed by atoms with van der Waals surface area (Å²) in [6, 6.07) is 12.2. The third-order valence-corrected chi connectivity index (χ3v) is 4.03. The van der Waals surface area contributed by atoms with Crippen LogP contribution >= 0.6 is 0 Å². The highest BCUT2D eigenvalue weighted by Gasteiger charge is 2.33. The molecule has 0 saturated carbocycles. The molecule has 0 atom stereocenters. The number of benzene rings is 2. The van der Waals surface area contributed by atoms with Gasteiger partial charge in [-0.3, -0.25) is 19.3 Å². The van der Waals surface area contributed by atoms with Gasteiger partial charge in [-0.05, 0) is 37.3 Å². The van der Waals surface area contributed by atoms with E-state index in [0.717, 1.165) is 16.2 Å². The smallest absolute Gasteiger partial charge is 0.261 e. The Morgan fingerprint density at radius 2 is 1.72 bits per heavy atom. The molecule has 1 N–H and O–H groups in total. The molecule has 0 radical (unpaired) electrons. The molecule has 0 unspecified atom stereocenters. The average Bonchev–Trinajstić information content (AvgIpc) is 2.84. The molecular formula is C19H18N2O4. The van der Waals surface area contributed by atoms with Crippen molar-refractivity contribution in [1.82, 2.24) is 10.2 Å². The molecule has 3 amide bonds. The Morgan fingerprint density at radius 1 is 1.04 bits per heavy atom. The van der Waals surface area contributed by atoms with Gasteiger partial charge in [0.2, 0.25) is 0 Å². The van der Waals surface area contributed by atoms with Crippen molar-refractivity contribution in [3.05, 3.63) is 64.7 Å². The standard InChI is InChI=1S/C19H18N2O4/c1-12-3-6-14(7-4-12)25-10-9-20-17(22)13-5-8-15-16(11-13)19(24)21(2)18(15)23/h3-8,11H,9-10H2,1-2H3,(H,20,22). The Labute approximate surface area is 145 Å². The van der Waals surface area contributed by atoms with Crippen molar-refractivity contribution < 1.29 is 19.1 Å². The predicted molar refractivity (Wildman–Crippen MR) is 91.9 cm³/mol. The predicted octanol–water partition coefficient (Wildman–Crippen LogP) is 2.03. The lowest BCUT2D eigenvalue weighted by molar-refractivity contribution is 0.0693. The van der Waals surface area contributed by atoms with Crippen molar-refractivity contribution in [1.29, 1.82) is 0 Å². The lowest BCUT2D eigenvalue weighted by Crippen LogP contribution is -2.28. The van der Waals surface area contributed by atoms with Crippen LogP contribution in [0.1, 0.15) is 36.6 Å². The van der Waals surface area contributed by atoms with E-state index in [-0.39, 0.29) is 17.4 Å². The van der Waals surface area contributed by atoms with Crippen molar-refractivity contribution >= 4 is 17.7 Å². The van der Waals surface area contributed by atoms with E-state index >= 15 is 0 Å². The van der Waals surface area contributed by atoms with Crippen LogP contribution in [0.4, 0.5) is 0 Å². The van der Waals surface area contributed by atoms with Gasteiger partial charge in [-0.15, -0.1) is 0 Å². The van der Waals surface area contributed by atoms with E-state index in [1.54, 1.807) is 6.07 Å². The van der Waals surface area contributed by atoms with Crippen LogP contribution < -0.4 is 10.1 Å². The molecular weight excluding hydrogens is 320 g/mol. The molecule has 6 nitrogen and oxygen atoms in total. The topological polar surface area (TPSA) is 75.7 Å². The minimum absolute atomic E-state index is 0.260. The average molecular weight is 338 g/mol. The second kappa shape index (κ2) is 6.76. The SMILES string of the molecule is Cc1ccc(OCCNC(=O)c2ccc3c(c2)C(=O)N(C)C3=O)cc1. The first-order valence-corrected chi connectivity index (χ1v) is 7.91. The van der Waals surface area contributed by atoms with Crippen molar-refractivity contribution in [3.63, 3.8) is 0 Å². The van der Waals surface area contributed by atoms with Gasteiger partial charge in [0.05, 0.1) is 17.7 Å². The van der Waals surface area contributed by atoms with Gasteiger partial charge in [-0.2, -0.15) is 0 Å². The van der Waals surface area contributed by atoms with E-state index in [9.17, 15) is 14.4 Å². The van der Waals surface area contributed by atoms with Gasteiger partial charge in [-0.1, -0.05) is 17.7 Å². The molecule has 25 heavy (non-hydrogen) atoms. The zero-order valence-corrected chi connectivity index (χ0v) is 14.0. The van der Waals surface area contributed by atoms with E-state index in [2.05, 4.69) is 5.32 Å². The third kappa shape index (κ3) is 3.38. The number of carbonyl (C=O) groups excluding carboxylic acids is 3. The molecule has 1 aliphatic heterocycles. The summed E-state index contributed by atoms with van der Waals surface area (Å²) in [6.45, 7) is 2.66. The summed E-state index contributed by atoms with van der Waals surface area (Å²) in [7, 11) is 1.42. The number of carbonyl (C=O) groups is 3. The lowest BCUT2D eigenvalue weighted by atomic mass is 10.1. The number of hydrogen-bond donors (Lipinski definition) is 1. The molecule has 128 valence electrons. The second-order valence-corrected chi connectivity index (χ2v) is 5.85. The zero-order valence-electron chi connectivity index (χ0n) is 14.0. The van der Waals surface area contributed by atoms with E-state index in [1.165, 1.54) is 19.2 Å². The molecule has 0 saturated heterocycles. The minimum Gasteiger partial charge on any atom is -0.492 e. The number of hydrogen-bond acceptors (Lipinski definition) is 4. The van der Waals surface area contributed by atoms with Gasteiger partial charge in [0, 0.05) is 12.6 Å². The molecule has 0 aliphatic carbocycles. The fourth-order valence-corrected chi connectivity index (χ4v) is 2.57. The number of aryl methyl sites for hydroxylation is 1. The van der Waals surface area contributed by atoms with Crippen LogP contribution in [-0.4, -0.2) is 42.8 Å². The quantitative estimate of drug-likeness (QED) is 0.668. The van der Waals surface area contributed by atoms with Gasteiger partial charge < -0.3 is 10.1 Å². The number of imide groups is 1. The summed E-state index contributed by atoms with van der Waals surface area (Å²) in [4.78, 5) is 37.1. The Bertz CT molecular complexity index is 843. The van der Waals surface area contributed by atoms with Crippen molar-refractivity contribution in [2.45, 2.75) is 6.92 Å². The van der Waals surface area contributed by atoms with E-state index < -0.39 is 5.91 Å². The lowest BCUT2D eigenvalue weighted by Gasteiger charge is -2.08. The van der Waals surface area contributed by atoms with Crippen LogP contribution in [0.2, 0.25) is 0 Å². The first kappa shape index (κ1) is 16.7. The van der Waals surface area contributed by atoms with Crippen LogP contribution in [0.5, 0.6) is 5.75 Å². The maximum atomic E-state index is 12.2. The number of nitrogens with one attached hydrogen (secondary N) is 1. The summed E-state index contributed by atoms with van der Waals surface area (Å²) >= 11 is 0. The normalized spacial score (nSPS) is 13.0. The highest BCUT2D eigenvalue weighted by molar-refractivity contribution is 6.21. The second-order valence-electron chi connectivity index (χ2n) is 5.85. The highest BCUT2D eigenvalue weighted by Crippen LogP contribution is 2.22. The molecule has 2 aromatic rings. The van der Waals surface area contributed by atoms with Gasteiger partial charge in [-0.25, -0.2) is 0 Å². The van der Waals surface area contributed by atoms with Crippen molar-refractivity contribution in [2.75, 3.05) is 20.2 Å². The molecule has 6 heteroatoms. The van der Waals surface area contributed by atoms with Crippen LogP contribution in [0.3, 0.4) is 0 Å². The van der Waals surface area contributed by atoms with Crippen LogP contribution in [0.25, 0.3) is 0 Å². The van der Waals surface area contributed by atoms with Gasteiger partial charge >= 0.3 is 0 Å². The Balaban J connectivity index is 1.56. The monoisotopic (exact) mass is 338 g/mol. The Morgan fingerprint density at radius 3 is 2.44 bits per heavy atom. The van der Waals surface area contributed by atoms with Crippen LogP contribution in [0.15, 0.2) is 42.5 Å². The molecule has 1 heterocycles. The summed E-state index contributed by atoms with van der Waals surface area (Å²) in [6.07, 6.45) is 0. The Hall–Kier alpha value is -3.15. The van der Waals surface area contributed by atoms with Crippen LogP contribution in [-0.2, 0) is 0 Å². The minimum atomic E-state index is -0.391. The largest absolute Gasteiger partial charge is 0.492 e. The molecule has 1 aliphatic rings. The summed E-state index contributed by atoms with van der Waals surface area (Å²) in [5, 5.41) is 2.74. The first-order chi connectivity index (χ1) is 12.0. The summed E-state index contributed by atoms with van der Waals surface area (Å²) in [5.74, 6) is -0.314. The number of fused-ring (bicyclic) bond motifs is 1. The van der Waals surface area contributed by atoms with E-state index in [1.807, 2.05) is 31.2 Å². The van der Waals surface area contributed by atoms with Gasteiger partial charge in [0.25, 0.3) is 17.7 Å². The molecule has 0 fully saturated rings. The van der Waals surface area contributed by atoms with Crippen molar-refractivity contribution in [3.8, 4) is 5.75 Å². The maximum Gasteiger partial charge on any atom is 0.261 e. The van der Waals surface area contributed by atoms with Gasteiger partial charge in [0.1, 0.15) is 12.4 Å². The summed E-state index contributed by atoms with van der Waals surface area (Å²) in [5.41, 5.74) is 2.07. The Kier molecular flexibility index (Phi) is 4.52. The fourth-order valence-electron chi connectivity index (χ4n) is 2.57. The number of ether oxygens (including phenoxy) is 1. The van der Waals surface area contributed by atoms with Gasteiger partial charge in [0.15, 0.2) is 0 Å². The molecule has 3 rings (SSSR count). The molecule has 2 aromatic carbocycles. The van der Waals surface area contributed by atoms with E-state index in [0.29, 0.717) is 24.3 Å². The zero-order chi connectivity index (χ0) is 18.0. The highest BCUT2D eigenvalue weighted by atomic mass is 16.5. The number of rotatable bonds is 5. The first-order valence-electron chi connectivity index (χ1n) is 7.91. The van der Waals surface area contributed by atoms with Crippen molar-refractivity contribution in [2.24, 2.45) is 0 Å². The molecule has 0 aromatic heterocycles. The number of nitrogens with zero attached hydrogens (tertiary/aromatic N) is 1. The third-order valence-electron chi connectivity index (χ3n) is 4.03. The molecule has 0 bridgehead atoms. The van der Waals surface area contributed by atoms with E-state index in [4.69, 9.17) is 4.74 Å². The van der Waals surface area contributed by atoms with Crippen LogP contribution in [0, 0.1) is 6.92 Å². The fraction of sp³-hybridized carbons (Fsp3) is 0.211.